The molecule has 0 spiro atoms. The zero-order chi connectivity index (χ0) is 31.2. The number of aliphatic hydroxyl groups excluding tert-OH is 1. The summed E-state index contributed by atoms with van der Waals surface area (Å²) in [4.78, 5) is 47.4. The third-order valence-electron chi connectivity index (χ3n) is 7.71. The smallest absolute Gasteiger partial charge is 0.303 e. The first kappa shape index (κ1) is 30.6. The first-order valence-corrected chi connectivity index (χ1v) is 14.4. The fourth-order valence-electron chi connectivity index (χ4n) is 5.57. The Balaban J connectivity index is 1.39. The number of nitrogens with zero attached hydrogens (tertiary/aromatic N) is 3. The second-order valence-electron chi connectivity index (χ2n) is 10.7. The number of oxime groups is 1. The van der Waals surface area contributed by atoms with Gasteiger partial charge in [0, 0.05) is 37.7 Å². The Labute approximate surface area is 252 Å². The van der Waals surface area contributed by atoms with Gasteiger partial charge in [0.25, 0.3) is 5.56 Å². The first-order chi connectivity index (χ1) is 21.2. The van der Waals surface area contributed by atoms with Crippen LogP contribution in [0.3, 0.4) is 0 Å². The monoisotopic (exact) mass is 600 g/mol. The lowest BCUT2D eigenvalue weighted by Crippen LogP contribution is -2.34. The summed E-state index contributed by atoms with van der Waals surface area (Å²) < 4.78 is 15.1. The molecule has 1 amide bonds. The van der Waals surface area contributed by atoms with Gasteiger partial charge < -0.3 is 20.4 Å². The highest BCUT2D eigenvalue weighted by Gasteiger charge is 2.31. The number of amides is 1. The van der Waals surface area contributed by atoms with Gasteiger partial charge in [-0.25, -0.2) is 9.37 Å². The Hall–Kier alpha value is -4.90. The first-order valence-electron chi connectivity index (χ1n) is 14.4. The molecule has 0 aliphatic heterocycles. The molecule has 0 unspecified atom stereocenters. The summed E-state index contributed by atoms with van der Waals surface area (Å²) in [5.41, 5.74) is 3.51. The topological polar surface area (TPSA) is 143 Å². The number of benzene rings is 3. The predicted octanol–water partition coefficient (Wildman–Crippen LogP) is 4.23. The maximum atomic E-state index is 13.7. The molecule has 1 heterocycles. The van der Waals surface area contributed by atoms with Gasteiger partial charge in [0.2, 0.25) is 5.91 Å². The van der Waals surface area contributed by atoms with Crippen molar-refractivity contribution in [3.05, 3.63) is 105 Å². The molecule has 0 bridgehead atoms. The molecule has 228 valence electrons. The fourth-order valence-corrected chi connectivity index (χ4v) is 5.57. The maximum absolute atomic E-state index is 13.7. The highest BCUT2D eigenvalue weighted by Crippen LogP contribution is 2.31. The van der Waals surface area contributed by atoms with Gasteiger partial charge in [-0.05, 0) is 60.4 Å². The van der Waals surface area contributed by atoms with Crippen molar-refractivity contribution in [1.29, 1.82) is 0 Å². The number of aliphatic hydroxyl groups is 1. The number of aliphatic carboxylic acids is 1. The number of hydrogen-bond donors (Lipinski definition) is 3. The molecule has 0 radical (unpaired) electrons. The van der Waals surface area contributed by atoms with Crippen LogP contribution in [0, 0.1) is 5.82 Å². The van der Waals surface area contributed by atoms with Crippen molar-refractivity contribution in [2.24, 2.45) is 5.16 Å². The summed E-state index contributed by atoms with van der Waals surface area (Å²) in [6, 6.07) is 17.7. The van der Waals surface area contributed by atoms with Crippen LogP contribution >= 0.6 is 0 Å². The molecular weight excluding hydrogens is 567 g/mol. The number of hydrogen-bond acceptors (Lipinski definition) is 7. The number of fused-ring (bicyclic) bond motifs is 2. The van der Waals surface area contributed by atoms with Crippen LogP contribution in [-0.4, -0.2) is 50.6 Å². The quantitative estimate of drug-likeness (QED) is 0.125. The Morgan fingerprint density at radius 3 is 2.59 bits per heavy atom. The second kappa shape index (κ2) is 13.6. The average molecular weight is 601 g/mol. The van der Waals surface area contributed by atoms with E-state index in [2.05, 4.69) is 10.5 Å². The van der Waals surface area contributed by atoms with Gasteiger partial charge in [-0.15, -0.1) is 0 Å². The summed E-state index contributed by atoms with van der Waals surface area (Å²) in [5.74, 6) is -1.18. The molecular formula is C33H33FN4O6. The van der Waals surface area contributed by atoms with Crippen LogP contribution in [0.15, 0.2) is 76.7 Å². The van der Waals surface area contributed by atoms with E-state index in [0.717, 1.165) is 11.1 Å². The number of carbonyl (C=O) groups excluding carboxylic acids is 1. The average Bonchev–Trinajstić information content (AvgIpc) is 3.32. The number of aromatic nitrogens is 2. The van der Waals surface area contributed by atoms with Gasteiger partial charge in [0.1, 0.15) is 18.8 Å². The Morgan fingerprint density at radius 2 is 1.84 bits per heavy atom. The van der Waals surface area contributed by atoms with Crippen LogP contribution in [0.4, 0.5) is 4.39 Å². The van der Waals surface area contributed by atoms with Gasteiger partial charge in [-0.1, -0.05) is 35.5 Å². The highest BCUT2D eigenvalue weighted by molar-refractivity contribution is 6.04. The van der Waals surface area contributed by atoms with Crippen LogP contribution in [0.1, 0.15) is 60.7 Å². The van der Waals surface area contributed by atoms with E-state index in [0.29, 0.717) is 59.4 Å². The molecule has 1 aliphatic rings. The number of carbonyl (C=O) groups is 2. The lowest BCUT2D eigenvalue weighted by Gasteiger charge is -2.18. The van der Waals surface area contributed by atoms with E-state index in [-0.39, 0.29) is 30.7 Å². The molecule has 11 heteroatoms. The fraction of sp³-hybridized carbons (Fsp3) is 0.303. The Bertz CT molecular complexity index is 1770. The van der Waals surface area contributed by atoms with E-state index < -0.39 is 23.9 Å². The van der Waals surface area contributed by atoms with E-state index in [9.17, 15) is 23.9 Å². The molecule has 44 heavy (non-hydrogen) atoms. The minimum atomic E-state index is -0.903. The van der Waals surface area contributed by atoms with Crippen molar-refractivity contribution in [3.63, 3.8) is 0 Å². The van der Waals surface area contributed by atoms with Crippen molar-refractivity contribution < 1.29 is 29.0 Å². The molecule has 4 aromatic rings. The van der Waals surface area contributed by atoms with Crippen LogP contribution in [0.2, 0.25) is 0 Å². The van der Waals surface area contributed by atoms with Crippen molar-refractivity contribution in [1.82, 2.24) is 14.9 Å². The normalized spacial score (nSPS) is 16.1. The third-order valence-corrected chi connectivity index (χ3v) is 7.71. The molecule has 2 atom stereocenters. The molecule has 1 aliphatic carbocycles. The SMILES string of the molecule is CO/N=C(\CCC(=O)N[C@@H]1c2ccccc2C[C@@H]1O)c1ccc2c(=O)n(-c3ccc(F)cc3)c(CCCCC(=O)O)nc2c1. The summed E-state index contributed by atoms with van der Waals surface area (Å²) >= 11 is 0. The summed E-state index contributed by atoms with van der Waals surface area (Å²) in [5, 5.41) is 26.9. The van der Waals surface area contributed by atoms with Gasteiger partial charge >= 0.3 is 5.97 Å². The zero-order valence-corrected chi connectivity index (χ0v) is 24.2. The molecule has 3 N–H and O–H groups in total. The number of halogens is 1. The lowest BCUT2D eigenvalue weighted by molar-refractivity contribution is -0.137. The molecule has 3 aromatic carbocycles. The maximum Gasteiger partial charge on any atom is 0.303 e. The van der Waals surface area contributed by atoms with E-state index in [4.69, 9.17) is 14.9 Å². The van der Waals surface area contributed by atoms with Crippen molar-refractivity contribution in [2.45, 2.75) is 57.1 Å². The standard InChI is InChI=1S/C33H33FN4O6/c1-44-37-26(16-17-30(40)36-32-24-7-3-2-6-20(24)19-28(32)39)21-10-15-25-27(18-21)35-29(8-4-5-9-31(41)42)38(33(25)43)23-13-11-22(34)12-14-23/h2-3,6-7,10-15,18,28,32,39H,4-5,8-9,16-17,19H2,1H3,(H,36,40)(H,41,42)/b37-26+/t28-,32+/m0/s1. The molecule has 1 aromatic heterocycles. The molecule has 0 saturated heterocycles. The van der Waals surface area contributed by atoms with Gasteiger partial charge in [-0.2, -0.15) is 0 Å². The largest absolute Gasteiger partial charge is 0.481 e. The predicted molar refractivity (Wildman–Crippen MR) is 162 cm³/mol. The summed E-state index contributed by atoms with van der Waals surface area (Å²) in [7, 11) is 1.40. The van der Waals surface area contributed by atoms with Crippen molar-refractivity contribution in [3.8, 4) is 5.69 Å². The van der Waals surface area contributed by atoms with E-state index >= 15 is 0 Å². The molecule has 0 saturated carbocycles. The number of rotatable bonds is 12. The van der Waals surface area contributed by atoms with E-state index in [1.807, 2.05) is 24.3 Å². The van der Waals surface area contributed by atoms with Crippen molar-refractivity contribution in [2.75, 3.05) is 7.11 Å². The second-order valence-corrected chi connectivity index (χ2v) is 10.7. The van der Waals surface area contributed by atoms with Crippen LogP contribution in [0.5, 0.6) is 0 Å². The third kappa shape index (κ3) is 6.84. The molecule has 10 nitrogen and oxygen atoms in total. The Kier molecular flexibility index (Phi) is 9.44. The number of nitrogens with one attached hydrogen (secondary N) is 1. The Morgan fingerprint density at radius 1 is 1.07 bits per heavy atom. The van der Waals surface area contributed by atoms with Gasteiger partial charge in [0.05, 0.1) is 34.4 Å². The minimum absolute atomic E-state index is 0.00481. The van der Waals surface area contributed by atoms with Crippen molar-refractivity contribution >= 4 is 28.5 Å². The van der Waals surface area contributed by atoms with E-state index in [1.165, 1.54) is 35.9 Å². The van der Waals surface area contributed by atoms with E-state index in [1.54, 1.807) is 18.2 Å². The zero-order valence-electron chi connectivity index (χ0n) is 24.2. The number of carboxylic acid groups (broad SMARTS) is 1. The van der Waals surface area contributed by atoms with Gasteiger partial charge in [-0.3, -0.25) is 19.0 Å². The van der Waals surface area contributed by atoms with Crippen LogP contribution < -0.4 is 10.9 Å². The number of aryl methyl sites for hydroxylation is 1. The summed E-state index contributed by atoms with van der Waals surface area (Å²) in [6.45, 7) is 0. The number of unbranched alkanes of at least 4 members (excludes halogenated alkanes) is 1. The highest BCUT2D eigenvalue weighted by atomic mass is 19.1. The number of carboxylic acids is 1. The van der Waals surface area contributed by atoms with Crippen LogP contribution in [-0.2, 0) is 27.3 Å². The molecule has 5 rings (SSSR count). The lowest BCUT2D eigenvalue weighted by atomic mass is 10.0. The van der Waals surface area contributed by atoms with Crippen LogP contribution in [0.25, 0.3) is 16.6 Å². The van der Waals surface area contributed by atoms with Gasteiger partial charge in [0.15, 0.2) is 0 Å². The molecule has 0 fully saturated rings. The summed E-state index contributed by atoms with van der Waals surface area (Å²) in [6.07, 6.45) is 1.30. The minimum Gasteiger partial charge on any atom is -0.481 e.